The van der Waals surface area contributed by atoms with Gasteiger partial charge in [0.05, 0.1) is 22.3 Å². The molecule has 6 nitrogen and oxygen atoms in total. The molecule has 0 amide bonds. The highest BCUT2D eigenvalue weighted by Gasteiger charge is 2.21. The number of nitro benzene ring substituents is 1. The van der Waals surface area contributed by atoms with E-state index in [0.29, 0.717) is 11.3 Å². The molecule has 0 saturated carbocycles. The lowest BCUT2D eigenvalue weighted by Crippen LogP contribution is -1.95. The van der Waals surface area contributed by atoms with Crippen molar-refractivity contribution in [2.24, 2.45) is 7.05 Å². The molecule has 0 atom stereocenters. The molecule has 1 aromatic heterocycles. The first-order valence-corrected chi connectivity index (χ1v) is 6.56. The Hall–Kier alpha value is -2.67. The minimum absolute atomic E-state index is 0.0000442. The Labute approximate surface area is 128 Å². The Morgan fingerprint density at radius 1 is 1.36 bits per heavy atom. The van der Waals surface area contributed by atoms with Gasteiger partial charge in [-0.15, -0.1) is 0 Å². The molecule has 2 aromatic carbocycles. The van der Waals surface area contributed by atoms with Crippen molar-refractivity contribution in [3.05, 3.63) is 57.6 Å². The summed E-state index contributed by atoms with van der Waals surface area (Å²) in [7, 11) is 1.86. The number of benzene rings is 2. The van der Waals surface area contributed by atoms with E-state index >= 15 is 0 Å². The van der Waals surface area contributed by atoms with Crippen LogP contribution in [0.4, 0.5) is 10.1 Å². The number of hydrogen-bond donors (Lipinski definition) is 0. The number of aromatic nitrogens is 2. The SMILES string of the molecule is Cn1cnc2cc(Oc3ccc([N+](=O)[O-])c(F)c3Cl)ccc21. The summed E-state index contributed by atoms with van der Waals surface area (Å²) in [6.45, 7) is 0. The van der Waals surface area contributed by atoms with Crippen molar-refractivity contribution in [2.75, 3.05) is 0 Å². The van der Waals surface area contributed by atoms with Gasteiger partial charge in [-0.25, -0.2) is 4.98 Å². The summed E-state index contributed by atoms with van der Waals surface area (Å²) in [4.78, 5) is 14.0. The van der Waals surface area contributed by atoms with Crippen LogP contribution in [0.2, 0.25) is 5.02 Å². The van der Waals surface area contributed by atoms with Crippen molar-refractivity contribution in [1.29, 1.82) is 0 Å². The van der Waals surface area contributed by atoms with Crippen molar-refractivity contribution >= 4 is 28.3 Å². The van der Waals surface area contributed by atoms with Gasteiger partial charge in [0.2, 0.25) is 5.82 Å². The van der Waals surface area contributed by atoms with Crippen LogP contribution >= 0.6 is 11.6 Å². The van der Waals surface area contributed by atoms with Crippen molar-refractivity contribution < 1.29 is 14.1 Å². The topological polar surface area (TPSA) is 70.2 Å². The highest BCUT2D eigenvalue weighted by molar-refractivity contribution is 6.32. The van der Waals surface area contributed by atoms with Gasteiger partial charge < -0.3 is 9.30 Å². The molecular weight excluding hydrogens is 313 g/mol. The largest absolute Gasteiger partial charge is 0.456 e. The lowest BCUT2D eigenvalue weighted by atomic mass is 10.2. The number of aryl methyl sites for hydroxylation is 1. The van der Waals surface area contributed by atoms with E-state index in [-0.39, 0.29) is 5.75 Å². The van der Waals surface area contributed by atoms with Crippen molar-refractivity contribution in [3.8, 4) is 11.5 Å². The van der Waals surface area contributed by atoms with Crippen LogP contribution in [0.25, 0.3) is 11.0 Å². The molecule has 0 aliphatic carbocycles. The maximum absolute atomic E-state index is 13.8. The van der Waals surface area contributed by atoms with E-state index in [1.54, 1.807) is 24.5 Å². The van der Waals surface area contributed by atoms with E-state index in [1.807, 2.05) is 11.6 Å². The Balaban J connectivity index is 1.97. The number of nitro groups is 1. The Morgan fingerprint density at radius 2 is 2.14 bits per heavy atom. The van der Waals surface area contributed by atoms with Crippen LogP contribution in [-0.4, -0.2) is 14.5 Å². The molecule has 0 aliphatic rings. The molecule has 0 radical (unpaired) electrons. The smallest absolute Gasteiger partial charge is 0.306 e. The average Bonchev–Trinajstić information content (AvgIpc) is 2.85. The molecule has 1 heterocycles. The Kier molecular flexibility index (Phi) is 3.42. The fourth-order valence-electron chi connectivity index (χ4n) is 2.05. The maximum Gasteiger partial charge on any atom is 0.306 e. The van der Waals surface area contributed by atoms with Crippen molar-refractivity contribution in [1.82, 2.24) is 9.55 Å². The predicted octanol–water partition coefficient (Wildman–Crippen LogP) is 4.07. The summed E-state index contributed by atoms with van der Waals surface area (Å²) in [5.74, 6) is -0.718. The summed E-state index contributed by atoms with van der Waals surface area (Å²) < 4.78 is 21.1. The molecular formula is C14H9ClFN3O3. The second-order valence-electron chi connectivity index (χ2n) is 4.58. The minimum atomic E-state index is -1.12. The standard InChI is InChI=1S/C14H9ClFN3O3/c1-18-7-17-9-6-8(2-3-10(9)18)22-12-5-4-11(19(20)21)14(16)13(12)15/h2-7H,1H3. The second-order valence-corrected chi connectivity index (χ2v) is 4.95. The van der Waals surface area contributed by atoms with Crippen LogP contribution in [0.5, 0.6) is 11.5 Å². The summed E-state index contributed by atoms with van der Waals surface area (Å²) >= 11 is 5.79. The third kappa shape index (κ3) is 2.35. The summed E-state index contributed by atoms with van der Waals surface area (Å²) in [5, 5.41) is 10.2. The Morgan fingerprint density at radius 3 is 2.86 bits per heavy atom. The van der Waals surface area contributed by atoms with Crippen LogP contribution in [0.1, 0.15) is 0 Å². The number of nitrogens with zero attached hydrogens (tertiary/aromatic N) is 3. The first kappa shape index (κ1) is 14.3. The molecule has 0 spiro atoms. The Bertz CT molecular complexity index is 894. The van der Waals surface area contributed by atoms with Crippen molar-refractivity contribution in [2.45, 2.75) is 0 Å². The molecule has 0 bridgehead atoms. The van der Waals surface area contributed by atoms with Gasteiger partial charge in [-0.1, -0.05) is 11.6 Å². The molecule has 0 unspecified atom stereocenters. The number of halogens is 2. The molecule has 3 aromatic rings. The van der Waals surface area contributed by atoms with Gasteiger partial charge in [0.15, 0.2) is 0 Å². The predicted molar refractivity (Wildman–Crippen MR) is 78.9 cm³/mol. The monoisotopic (exact) mass is 321 g/mol. The van der Waals surface area contributed by atoms with Crippen LogP contribution < -0.4 is 4.74 Å². The van der Waals surface area contributed by atoms with E-state index in [4.69, 9.17) is 16.3 Å². The van der Waals surface area contributed by atoms with Gasteiger partial charge in [-0.05, 0) is 18.2 Å². The zero-order valence-electron chi connectivity index (χ0n) is 11.3. The maximum atomic E-state index is 13.8. The van der Waals surface area contributed by atoms with E-state index in [1.165, 1.54) is 6.07 Å². The lowest BCUT2D eigenvalue weighted by molar-refractivity contribution is -0.387. The van der Waals surface area contributed by atoms with E-state index in [9.17, 15) is 14.5 Å². The molecule has 0 saturated heterocycles. The molecule has 22 heavy (non-hydrogen) atoms. The van der Waals surface area contributed by atoms with E-state index < -0.39 is 21.5 Å². The zero-order chi connectivity index (χ0) is 15.9. The van der Waals surface area contributed by atoms with Crippen molar-refractivity contribution in [3.63, 3.8) is 0 Å². The fraction of sp³-hybridized carbons (Fsp3) is 0.0714. The third-order valence-corrected chi connectivity index (χ3v) is 3.50. The number of ether oxygens (including phenoxy) is 1. The summed E-state index contributed by atoms with van der Waals surface area (Å²) in [6.07, 6.45) is 1.66. The van der Waals surface area contributed by atoms with Gasteiger partial charge in [-0.2, -0.15) is 4.39 Å². The lowest BCUT2D eigenvalue weighted by Gasteiger charge is -2.08. The highest BCUT2D eigenvalue weighted by atomic mass is 35.5. The number of hydrogen-bond acceptors (Lipinski definition) is 4. The number of fused-ring (bicyclic) bond motifs is 1. The van der Waals surface area contributed by atoms with E-state index in [2.05, 4.69) is 4.98 Å². The minimum Gasteiger partial charge on any atom is -0.456 e. The fourth-order valence-corrected chi connectivity index (χ4v) is 2.25. The van der Waals surface area contributed by atoms with Crippen LogP contribution in [0, 0.1) is 15.9 Å². The van der Waals surface area contributed by atoms with Gasteiger partial charge in [0.1, 0.15) is 16.5 Å². The molecule has 0 N–H and O–H groups in total. The van der Waals surface area contributed by atoms with Crippen LogP contribution in [0.3, 0.4) is 0 Å². The average molecular weight is 322 g/mol. The highest BCUT2D eigenvalue weighted by Crippen LogP contribution is 2.36. The van der Waals surface area contributed by atoms with Gasteiger partial charge in [0, 0.05) is 19.2 Å². The molecule has 8 heteroatoms. The number of rotatable bonds is 3. The molecule has 3 rings (SSSR count). The normalized spacial score (nSPS) is 10.9. The van der Waals surface area contributed by atoms with E-state index in [0.717, 1.165) is 11.6 Å². The van der Waals surface area contributed by atoms with Gasteiger partial charge >= 0.3 is 5.69 Å². The van der Waals surface area contributed by atoms with Crippen LogP contribution in [-0.2, 0) is 7.05 Å². The van der Waals surface area contributed by atoms with Gasteiger partial charge in [-0.3, -0.25) is 10.1 Å². The second kappa shape index (κ2) is 5.27. The molecule has 0 fully saturated rings. The van der Waals surface area contributed by atoms with Gasteiger partial charge in [0.25, 0.3) is 0 Å². The summed E-state index contributed by atoms with van der Waals surface area (Å²) in [5.41, 5.74) is 0.921. The molecule has 112 valence electrons. The zero-order valence-corrected chi connectivity index (χ0v) is 12.0. The summed E-state index contributed by atoms with van der Waals surface area (Å²) in [6, 6.07) is 7.42. The first-order valence-electron chi connectivity index (χ1n) is 6.18. The van der Waals surface area contributed by atoms with Crippen LogP contribution in [0.15, 0.2) is 36.7 Å². The number of imidazole rings is 1. The molecule has 0 aliphatic heterocycles. The third-order valence-electron chi connectivity index (χ3n) is 3.15. The quantitative estimate of drug-likeness (QED) is 0.538. The first-order chi connectivity index (χ1) is 10.5.